The number of rotatable bonds is 5. The smallest absolute Gasteiger partial charge is 0.196 e. The molecule has 1 aromatic heterocycles. The Morgan fingerprint density at radius 2 is 1.83 bits per heavy atom. The Morgan fingerprint density at radius 1 is 1.04 bits per heavy atom. The number of hydrogen-bond donors (Lipinski definition) is 3. The molecule has 0 atom stereocenters. The fourth-order valence-electron chi connectivity index (χ4n) is 2.54. The van der Waals surface area contributed by atoms with Crippen LogP contribution < -0.4 is 16.0 Å². The Morgan fingerprint density at radius 3 is 2.62 bits per heavy atom. The van der Waals surface area contributed by atoms with Crippen LogP contribution in [0.25, 0.3) is 10.8 Å². The van der Waals surface area contributed by atoms with E-state index in [1.54, 1.807) is 0 Å². The van der Waals surface area contributed by atoms with E-state index in [9.17, 15) is 5.11 Å². The van der Waals surface area contributed by atoms with Crippen molar-refractivity contribution in [1.82, 2.24) is 0 Å². The van der Waals surface area contributed by atoms with Crippen molar-refractivity contribution in [2.24, 2.45) is 16.0 Å². The average molecular weight is 322 g/mol. The molecule has 24 heavy (non-hydrogen) atoms. The van der Waals surface area contributed by atoms with Gasteiger partial charge in [0, 0.05) is 29.3 Å². The van der Waals surface area contributed by atoms with E-state index in [0.717, 1.165) is 29.4 Å². The fourth-order valence-corrected chi connectivity index (χ4v) is 2.54. The van der Waals surface area contributed by atoms with Gasteiger partial charge in [0.05, 0.1) is 11.4 Å². The molecule has 3 rings (SSSR count). The molecular weight excluding hydrogens is 302 g/mol. The lowest BCUT2D eigenvalue weighted by molar-refractivity contribution is -0.696. The maximum absolute atomic E-state index is 9.99. The first-order valence-corrected chi connectivity index (χ1v) is 7.80. The minimum Gasteiger partial charge on any atom is -0.506 e. The van der Waals surface area contributed by atoms with Gasteiger partial charge in [-0.15, -0.1) is 10.2 Å². The molecule has 1 heterocycles. The first-order valence-electron chi connectivity index (χ1n) is 7.80. The number of phenolic OH excluding ortho intramolecular Hbond substituents is 1. The van der Waals surface area contributed by atoms with Crippen LogP contribution in [0.4, 0.5) is 17.1 Å². The molecule has 0 aliphatic heterocycles. The standard InChI is InChI=1S/C18H19N5O/c19-8-4-10-23-9-3-5-13(12-23)21-22-16-11-17(24)18(20)15-7-2-1-6-14(15)16/h1-3,5-7,9,11-12H,4,8,10,19H2,(H2-,20,21,22,24)/p+1. The fraction of sp³-hybridized carbons (Fsp3) is 0.167. The molecule has 0 bridgehead atoms. The second-order valence-corrected chi connectivity index (χ2v) is 5.52. The van der Waals surface area contributed by atoms with Gasteiger partial charge in [-0.05, 0) is 12.6 Å². The summed E-state index contributed by atoms with van der Waals surface area (Å²) in [6.07, 6.45) is 4.79. The monoisotopic (exact) mass is 322 g/mol. The van der Waals surface area contributed by atoms with Gasteiger partial charge < -0.3 is 16.6 Å². The van der Waals surface area contributed by atoms with Crippen molar-refractivity contribution < 1.29 is 9.67 Å². The molecule has 0 amide bonds. The van der Waals surface area contributed by atoms with Gasteiger partial charge in [-0.2, -0.15) is 0 Å². The zero-order valence-electron chi connectivity index (χ0n) is 13.3. The predicted octanol–water partition coefficient (Wildman–Crippen LogP) is 3.18. The van der Waals surface area contributed by atoms with Crippen LogP contribution in [0.1, 0.15) is 6.42 Å². The van der Waals surface area contributed by atoms with Gasteiger partial charge in [0.15, 0.2) is 12.4 Å². The third-order valence-corrected chi connectivity index (χ3v) is 3.78. The Hall–Kier alpha value is -2.99. The lowest BCUT2D eigenvalue weighted by atomic mass is 10.1. The number of hydrogen-bond acceptors (Lipinski definition) is 5. The van der Waals surface area contributed by atoms with Crippen molar-refractivity contribution >= 4 is 27.8 Å². The van der Waals surface area contributed by atoms with Crippen molar-refractivity contribution in [3.05, 3.63) is 54.9 Å². The molecule has 0 saturated carbocycles. The maximum Gasteiger partial charge on any atom is 0.196 e. The van der Waals surface area contributed by atoms with Crippen LogP contribution in [0.15, 0.2) is 65.1 Å². The largest absolute Gasteiger partial charge is 0.506 e. The molecule has 0 aliphatic rings. The molecular formula is C18H20N5O+. The number of aromatic hydroxyl groups is 1. The van der Waals surface area contributed by atoms with E-state index in [1.807, 2.05) is 53.4 Å². The van der Waals surface area contributed by atoms with Crippen molar-refractivity contribution in [3.63, 3.8) is 0 Å². The molecule has 0 aliphatic carbocycles. The molecule has 0 spiro atoms. The second-order valence-electron chi connectivity index (χ2n) is 5.52. The zero-order valence-corrected chi connectivity index (χ0v) is 13.3. The zero-order chi connectivity index (χ0) is 16.9. The van der Waals surface area contributed by atoms with Crippen molar-refractivity contribution in [3.8, 4) is 5.75 Å². The minimum absolute atomic E-state index is 0.00808. The topological polar surface area (TPSA) is 101 Å². The summed E-state index contributed by atoms with van der Waals surface area (Å²) in [4.78, 5) is 0. The van der Waals surface area contributed by atoms with Crippen LogP contribution in [-0.2, 0) is 6.54 Å². The van der Waals surface area contributed by atoms with Gasteiger partial charge in [0.1, 0.15) is 18.0 Å². The number of aromatic nitrogens is 1. The van der Waals surface area contributed by atoms with Crippen molar-refractivity contribution in [1.29, 1.82) is 0 Å². The number of anilines is 1. The molecule has 0 saturated heterocycles. The van der Waals surface area contributed by atoms with Crippen LogP contribution in [0, 0.1) is 0 Å². The summed E-state index contributed by atoms with van der Waals surface area (Å²) >= 11 is 0. The maximum atomic E-state index is 9.99. The number of nitrogens with two attached hydrogens (primary N) is 2. The van der Waals surface area contributed by atoms with Gasteiger partial charge in [0.25, 0.3) is 0 Å². The Labute approximate surface area is 140 Å². The molecule has 3 aromatic rings. The molecule has 0 fully saturated rings. The van der Waals surface area contributed by atoms with E-state index in [4.69, 9.17) is 11.5 Å². The van der Waals surface area contributed by atoms with E-state index >= 15 is 0 Å². The third kappa shape index (κ3) is 3.33. The van der Waals surface area contributed by atoms with E-state index < -0.39 is 0 Å². The average Bonchev–Trinajstić information content (AvgIpc) is 2.62. The van der Waals surface area contributed by atoms with Gasteiger partial charge in [0.2, 0.25) is 0 Å². The SMILES string of the molecule is NCCC[n+]1cccc(N=Nc2cc(O)c(N)c3ccccc23)c1. The number of benzene rings is 2. The van der Waals surface area contributed by atoms with Gasteiger partial charge in [-0.25, -0.2) is 4.57 Å². The number of nitrogens with zero attached hydrogens (tertiary/aromatic N) is 3. The van der Waals surface area contributed by atoms with Crippen LogP contribution in [0.3, 0.4) is 0 Å². The lowest BCUT2D eigenvalue weighted by Gasteiger charge is -2.06. The van der Waals surface area contributed by atoms with Crippen LogP contribution in [0.2, 0.25) is 0 Å². The van der Waals surface area contributed by atoms with E-state index in [0.29, 0.717) is 17.9 Å². The summed E-state index contributed by atoms with van der Waals surface area (Å²) < 4.78 is 2.03. The number of nitrogen functional groups attached to an aromatic ring is 1. The number of aryl methyl sites for hydroxylation is 1. The molecule has 6 nitrogen and oxygen atoms in total. The Balaban J connectivity index is 1.95. The first kappa shape index (κ1) is 15.9. The highest BCUT2D eigenvalue weighted by molar-refractivity contribution is 6.02. The van der Waals surface area contributed by atoms with Gasteiger partial charge >= 0.3 is 0 Å². The van der Waals surface area contributed by atoms with Crippen LogP contribution in [0.5, 0.6) is 5.75 Å². The highest BCUT2D eigenvalue weighted by Crippen LogP contribution is 2.37. The number of azo groups is 1. The minimum atomic E-state index is 0.00808. The predicted molar refractivity (Wildman–Crippen MR) is 94.5 cm³/mol. The van der Waals surface area contributed by atoms with Crippen LogP contribution >= 0.6 is 0 Å². The lowest BCUT2D eigenvalue weighted by Crippen LogP contribution is -2.33. The Bertz CT molecular complexity index is 892. The molecule has 5 N–H and O–H groups in total. The summed E-state index contributed by atoms with van der Waals surface area (Å²) in [6.45, 7) is 1.49. The Kier molecular flexibility index (Phi) is 4.67. The number of fused-ring (bicyclic) bond motifs is 1. The summed E-state index contributed by atoms with van der Waals surface area (Å²) in [6, 6.07) is 12.9. The molecule has 0 unspecified atom stereocenters. The highest BCUT2D eigenvalue weighted by atomic mass is 16.3. The number of pyridine rings is 1. The molecule has 122 valence electrons. The summed E-state index contributed by atoms with van der Waals surface area (Å²) in [5, 5.41) is 20.2. The molecule has 0 radical (unpaired) electrons. The quantitative estimate of drug-likeness (QED) is 0.291. The van der Waals surface area contributed by atoms with Gasteiger partial charge in [-0.1, -0.05) is 24.3 Å². The summed E-state index contributed by atoms with van der Waals surface area (Å²) in [5.74, 6) is 0.00808. The highest BCUT2D eigenvalue weighted by Gasteiger charge is 2.09. The van der Waals surface area contributed by atoms with Gasteiger partial charge in [-0.3, -0.25) is 0 Å². The first-order chi connectivity index (χ1) is 11.7. The third-order valence-electron chi connectivity index (χ3n) is 3.78. The molecule has 6 heteroatoms. The van der Waals surface area contributed by atoms with Crippen LogP contribution in [-0.4, -0.2) is 11.7 Å². The summed E-state index contributed by atoms with van der Waals surface area (Å²) in [5.41, 5.74) is 13.1. The normalized spacial score (nSPS) is 11.4. The second kappa shape index (κ2) is 7.06. The number of phenols is 1. The summed E-state index contributed by atoms with van der Waals surface area (Å²) in [7, 11) is 0. The van der Waals surface area contributed by atoms with Crippen molar-refractivity contribution in [2.45, 2.75) is 13.0 Å². The van der Waals surface area contributed by atoms with E-state index in [2.05, 4.69) is 10.2 Å². The van der Waals surface area contributed by atoms with E-state index in [1.165, 1.54) is 6.07 Å². The van der Waals surface area contributed by atoms with E-state index in [-0.39, 0.29) is 5.75 Å². The van der Waals surface area contributed by atoms with Crippen molar-refractivity contribution in [2.75, 3.05) is 12.3 Å². The molecule has 2 aromatic carbocycles.